The van der Waals surface area contributed by atoms with Gasteiger partial charge in [0.05, 0.1) is 58.4 Å². The SMILES string of the molecule is CC.CC(=O)O.CCCCC.CCCCCC.CCCCCCC.CCCCCCCC.N[C@@H](CC(=O)O)C(=O)O.O=C(O)/C=C/C(=O)O.O=C(O)CC(O)C(=O)O.O=C(O)CCC(=O)O.O=C(O)c1ccoc1C(=O)O.OCC(O)C(O)C(O)CO.OC[C@@H](O)[C@@H](O)[C@H](O)[C@@H](O)CO.c1ccccc1. The molecule has 0 radical (unpaired) electrons. The van der Waals surface area contributed by atoms with Crippen LogP contribution in [0.4, 0.5) is 0 Å². The minimum atomic E-state index is -1.79. The Kier molecular flexibility index (Phi) is 113. The molecule has 0 aliphatic rings. The van der Waals surface area contributed by atoms with Crippen LogP contribution in [-0.4, -0.2) is 264 Å². The second kappa shape index (κ2) is 95.9. The predicted octanol–water partition coefficient (Wildman–Crippen LogP) is 5.50. The van der Waals surface area contributed by atoms with E-state index in [1.54, 1.807) is 0 Å². The van der Waals surface area contributed by atoms with Gasteiger partial charge >= 0.3 is 59.7 Å². The summed E-state index contributed by atoms with van der Waals surface area (Å²) in [4.78, 5) is 107. The average Bonchev–Trinajstić information content (AvgIpc) is 1.76. The van der Waals surface area contributed by atoms with Crippen LogP contribution in [0.5, 0.6) is 0 Å². The van der Waals surface area contributed by atoms with Gasteiger partial charge in [0.1, 0.15) is 54.3 Å². The fourth-order valence-electron chi connectivity index (χ4n) is 5.44. The van der Waals surface area contributed by atoms with E-state index in [4.69, 9.17) is 128 Å². The van der Waals surface area contributed by atoms with Crippen LogP contribution in [0.25, 0.3) is 0 Å². The van der Waals surface area contributed by atoms with E-state index < -0.39 is 166 Å². The number of carboxylic acid groups (broad SMARTS) is 11. The van der Waals surface area contributed by atoms with Crippen molar-refractivity contribution in [3.8, 4) is 0 Å². The molecule has 3 unspecified atom stereocenters. The van der Waals surface area contributed by atoms with Gasteiger partial charge in [0.25, 0.3) is 5.97 Å². The molecule has 1 heterocycles. The molecule has 105 heavy (non-hydrogen) atoms. The minimum Gasteiger partial charge on any atom is -0.481 e. The van der Waals surface area contributed by atoms with Gasteiger partial charge in [0.15, 0.2) is 6.10 Å². The van der Waals surface area contributed by atoms with Crippen LogP contribution in [0.3, 0.4) is 0 Å². The monoisotopic (exact) mass is 1530 g/mol. The number of carboxylic acids is 11. The van der Waals surface area contributed by atoms with E-state index in [9.17, 15) is 47.9 Å². The highest BCUT2D eigenvalue weighted by molar-refractivity contribution is 5.99. The van der Waals surface area contributed by atoms with E-state index in [0.717, 1.165) is 19.3 Å². The zero-order valence-electron chi connectivity index (χ0n) is 62.6. The minimum absolute atomic E-state index is 0.296. The Labute approximate surface area is 615 Å². The van der Waals surface area contributed by atoms with Gasteiger partial charge in [-0.05, 0) is 6.07 Å². The largest absolute Gasteiger partial charge is 0.481 e. The maximum atomic E-state index is 10.3. The molecule has 0 amide bonds. The number of carbonyl (C=O) groups is 11. The van der Waals surface area contributed by atoms with Crippen molar-refractivity contribution >= 4 is 65.7 Å². The van der Waals surface area contributed by atoms with E-state index in [0.29, 0.717) is 12.2 Å². The summed E-state index contributed by atoms with van der Waals surface area (Å²) in [5.74, 6) is -14.1. The van der Waals surface area contributed by atoms with E-state index in [-0.39, 0.29) is 18.4 Å². The zero-order valence-corrected chi connectivity index (χ0v) is 62.6. The number of benzene rings is 1. The summed E-state index contributed by atoms with van der Waals surface area (Å²) in [6, 6.07) is 11.8. The number of aliphatic hydroxyl groups is 12. The molecular formula is C69H129NO35. The third-order valence-corrected chi connectivity index (χ3v) is 11.0. The highest BCUT2D eigenvalue weighted by atomic mass is 16.4. The molecule has 0 fully saturated rings. The Balaban J connectivity index is -0.0000000897. The molecule has 8 atom stereocenters. The number of hydrogen-bond acceptors (Lipinski definition) is 25. The van der Waals surface area contributed by atoms with Gasteiger partial charge in [0.2, 0.25) is 5.76 Å². The molecule has 620 valence electrons. The smallest absolute Gasteiger partial charge is 0.372 e. The molecular weight excluding hydrogens is 1400 g/mol. The molecule has 2 rings (SSSR count). The van der Waals surface area contributed by atoms with Crippen LogP contribution in [0.15, 0.2) is 65.3 Å². The first kappa shape index (κ1) is 124. The second-order valence-electron chi connectivity index (χ2n) is 20.7. The Morgan fingerprint density at radius 3 is 0.800 bits per heavy atom. The lowest BCUT2D eigenvalue weighted by atomic mass is 10.0. The molecule has 36 heteroatoms. The maximum Gasteiger partial charge on any atom is 0.372 e. The van der Waals surface area contributed by atoms with Crippen molar-refractivity contribution < 1.29 is 175 Å². The first-order chi connectivity index (χ1) is 49.0. The van der Waals surface area contributed by atoms with Crippen LogP contribution in [-0.2, 0) is 43.2 Å². The topological polar surface area (TPSA) is 692 Å². The molecule has 1 aromatic heterocycles. The third kappa shape index (κ3) is 120. The molecule has 0 aliphatic heterocycles. The van der Waals surface area contributed by atoms with Crippen molar-refractivity contribution in [1.82, 2.24) is 0 Å². The Morgan fingerprint density at radius 2 is 0.638 bits per heavy atom. The summed E-state index contributed by atoms with van der Waals surface area (Å²) in [6.07, 6.45) is 12.9. The van der Waals surface area contributed by atoms with Gasteiger partial charge in [-0.2, -0.15) is 0 Å². The van der Waals surface area contributed by atoms with Crippen molar-refractivity contribution in [3.63, 3.8) is 0 Å². The summed E-state index contributed by atoms with van der Waals surface area (Å²) < 4.78 is 4.41. The summed E-state index contributed by atoms with van der Waals surface area (Å²) >= 11 is 0. The quantitative estimate of drug-likeness (QED) is 0.0296. The van der Waals surface area contributed by atoms with Crippen molar-refractivity contribution in [2.75, 3.05) is 26.4 Å². The average molecular weight is 1530 g/mol. The highest BCUT2D eigenvalue weighted by Gasteiger charge is 2.29. The highest BCUT2D eigenvalue weighted by Crippen LogP contribution is 2.10. The molecule has 25 N–H and O–H groups in total. The third-order valence-electron chi connectivity index (χ3n) is 11.0. The van der Waals surface area contributed by atoms with E-state index in [2.05, 4.69) is 59.8 Å². The van der Waals surface area contributed by atoms with Gasteiger partial charge in [-0.25, -0.2) is 24.0 Å². The van der Waals surface area contributed by atoms with Crippen LogP contribution >= 0.6 is 0 Å². The van der Waals surface area contributed by atoms with Crippen LogP contribution in [0.1, 0.15) is 238 Å². The van der Waals surface area contributed by atoms with Crippen LogP contribution in [0, 0.1) is 0 Å². The van der Waals surface area contributed by atoms with E-state index in [1.165, 1.54) is 116 Å². The fraction of sp³-hybridized carbons (Fsp3) is 0.667. The Hall–Kier alpha value is -8.11. The van der Waals surface area contributed by atoms with Crippen molar-refractivity contribution in [2.24, 2.45) is 5.73 Å². The number of hydrogen-bond donors (Lipinski definition) is 24. The number of aromatic carboxylic acids is 2. The number of furan rings is 1. The van der Waals surface area contributed by atoms with Crippen molar-refractivity contribution in [2.45, 2.75) is 272 Å². The predicted molar refractivity (Wildman–Crippen MR) is 385 cm³/mol. The molecule has 0 saturated carbocycles. The molecule has 36 nitrogen and oxygen atoms in total. The standard InChI is InChI=1S/C8H18.C7H16.C6H14O6.C6H4O5.C6H6.C6H14.C5H12O5.C5H12.C4H7NO4.C4H6O5.C4H6O4.C4H4O4.C2H4O2.C2H6/c1-3-5-7-8-6-4-2;1-3-5-7-6-4-2;7-1-3(9)5(11)6(12)4(10)2-8;7-5(8)3-1-2-11-4(3)6(9)10;1-2-4-6-5-3-1;1-3-5-6-4-2;6-1-3(8)5(10)4(9)2-7;1-3-5-4-2;2*5-2(4(8)9)1-3(6)7;2*5-3(6)1-2-4(7)8;1-2(3)4;1-2/h3-8H2,1-2H3;3-7H2,1-2H3;3-12H,1-2H2;1-2H,(H,7,8)(H,9,10);1-6H;3-6H2,1-2H3;3-10H,1-2H2;3-5H2,1-2H3;2H,1,5H2,(H,6,7)(H,8,9);2,5H,1H2,(H,6,7)(H,8,9);1-2H2,(H,5,6)(H,7,8);1-2H,(H,5,6)(H,7,8);1H3,(H,3,4);1-2H3/b;;;;;;;;;;;2-1+;;/t;;3-,4+,5-,6-;;;;;;2-;;;;;/m..1.....0...../s1. The summed E-state index contributed by atoms with van der Waals surface area (Å²) in [6.45, 7) is 20.2. The van der Waals surface area contributed by atoms with Gasteiger partial charge in [0, 0.05) is 19.1 Å². The number of unbranched alkanes of at least 4 members (excludes halogenated alkanes) is 14. The molecule has 0 aliphatic carbocycles. The van der Waals surface area contributed by atoms with Crippen molar-refractivity contribution in [3.05, 3.63) is 72.2 Å². The van der Waals surface area contributed by atoms with E-state index >= 15 is 0 Å². The first-order valence-corrected chi connectivity index (χ1v) is 33.9. The number of aliphatic hydroxyl groups excluding tert-OH is 12. The van der Waals surface area contributed by atoms with Crippen LogP contribution < -0.4 is 5.73 Å². The number of aliphatic carboxylic acids is 9. The van der Waals surface area contributed by atoms with Gasteiger partial charge in [-0.1, -0.05) is 221 Å². The van der Waals surface area contributed by atoms with Crippen LogP contribution in [0.2, 0.25) is 0 Å². The maximum absolute atomic E-state index is 10.3. The normalized spacial score (nSPS) is 11.9. The Bertz CT molecular complexity index is 2180. The molecule has 0 saturated heterocycles. The fourth-order valence-corrected chi connectivity index (χ4v) is 5.44. The lowest BCUT2D eigenvalue weighted by Gasteiger charge is -2.24. The van der Waals surface area contributed by atoms with Gasteiger partial charge in [-0.15, -0.1) is 0 Å². The number of rotatable bonds is 36. The molecule has 0 spiro atoms. The summed E-state index contributed by atoms with van der Waals surface area (Å²) in [5.41, 5.74) is 4.50. The van der Waals surface area contributed by atoms with Gasteiger partial charge < -0.3 is 128 Å². The zero-order chi connectivity index (χ0) is 84.9. The molecule has 2 aromatic rings. The second-order valence-corrected chi connectivity index (χ2v) is 20.7. The number of nitrogens with two attached hydrogens (primary N) is 1. The first-order valence-electron chi connectivity index (χ1n) is 33.9. The summed E-state index contributed by atoms with van der Waals surface area (Å²) in [7, 11) is 0. The van der Waals surface area contributed by atoms with Gasteiger partial charge in [-0.3, -0.25) is 28.8 Å². The lowest BCUT2D eigenvalue weighted by molar-refractivity contribution is -0.152. The lowest BCUT2D eigenvalue weighted by Crippen LogP contribution is -2.46. The van der Waals surface area contributed by atoms with E-state index in [1.807, 2.05) is 50.2 Å². The summed E-state index contributed by atoms with van der Waals surface area (Å²) in [5, 5.41) is 190. The Morgan fingerprint density at radius 1 is 0.381 bits per heavy atom. The molecule has 1 aromatic carbocycles. The van der Waals surface area contributed by atoms with Crippen molar-refractivity contribution in [1.29, 1.82) is 0 Å². The molecule has 0 bridgehead atoms.